The molecule has 0 aromatic heterocycles. The van der Waals surface area contributed by atoms with E-state index in [0.717, 1.165) is 0 Å². The molecule has 52 valence electrons. The van der Waals surface area contributed by atoms with Crippen molar-refractivity contribution in [2.45, 2.75) is 26.7 Å². The van der Waals surface area contributed by atoms with Crippen LogP contribution < -0.4 is 0 Å². The van der Waals surface area contributed by atoms with Crippen molar-refractivity contribution in [3.05, 3.63) is 0 Å². The Morgan fingerprint density at radius 1 is 1.00 bits per heavy atom. The van der Waals surface area contributed by atoms with Gasteiger partial charge in [0.1, 0.15) is 0 Å². The van der Waals surface area contributed by atoms with Crippen LogP contribution in [-0.2, 0) is 0 Å². The molecule has 0 spiro atoms. The van der Waals surface area contributed by atoms with Gasteiger partial charge in [0, 0.05) is 0 Å². The molecule has 0 aromatic carbocycles. The van der Waals surface area contributed by atoms with E-state index in [2.05, 4.69) is 13.8 Å². The number of rotatable bonds is 1. The first-order valence-electron chi connectivity index (χ1n) is 1.91. The van der Waals surface area contributed by atoms with Gasteiger partial charge in [-0.15, -0.1) is 0 Å². The molecule has 0 radical (unpaired) electrons. The van der Waals surface area contributed by atoms with Gasteiger partial charge in [0.25, 0.3) is 0 Å². The van der Waals surface area contributed by atoms with Gasteiger partial charge in [0.05, 0.1) is 0 Å². The zero-order valence-corrected chi connectivity index (χ0v) is 6.54. The summed E-state index contributed by atoms with van der Waals surface area (Å²) in [6, 6.07) is 0. The van der Waals surface area contributed by atoms with Gasteiger partial charge in [-0.3, -0.25) is 0 Å². The molecule has 0 atom stereocenters. The Labute approximate surface area is 80.9 Å². The van der Waals surface area contributed by atoms with Crippen LogP contribution in [0.5, 0.6) is 0 Å². The largest absolute Gasteiger partial charge is 2.00 e. The van der Waals surface area contributed by atoms with E-state index in [1.807, 2.05) is 0 Å². The van der Waals surface area contributed by atoms with Crippen LogP contribution in [0, 0.1) is 0 Å². The average molecular weight is 150 g/mol. The van der Waals surface area contributed by atoms with E-state index in [0.29, 0.717) is 0 Å². The molecule has 0 aliphatic rings. The van der Waals surface area contributed by atoms with Crippen molar-refractivity contribution in [3.63, 3.8) is 0 Å². The molecule has 0 fully saturated rings. The van der Waals surface area contributed by atoms with E-state index in [1.54, 1.807) is 0 Å². The second-order valence-corrected chi connectivity index (χ2v) is 1.000. The standard InChI is InChI=1S/C4H10.Al.Mg.2H2O.5H/c1-3-4-2;;;;;;;;;/h3-4H2,1-2H3;;;2*1H2;;;;;/q;;+2;;;;;;2*-1. The first-order chi connectivity index (χ1) is 1.91. The van der Waals surface area contributed by atoms with Crippen molar-refractivity contribution < 1.29 is 13.8 Å². The first-order valence-corrected chi connectivity index (χ1v) is 1.91. The Morgan fingerprint density at radius 3 is 1.12 bits per heavy atom. The monoisotopic (exact) mass is 150 g/mol. The third kappa shape index (κ3) is 56.7. The van der Waals surface area contributed by atoms with Crippen molar-refractivity contribution in [1.29, 1.82) is 0 Å². The number of hydrogen-bond donors (Lipinski definition) is 0. The summed E-state index contributed by atoms with van der Waals surface area (Å²) < 4.78 is 0. The summed E-state index contributed by atoms with van der Waals surface area (Å²) >= 11 is 0. The van der Waals surface area contributed by atoms with Gasteiger partial charge in [-0.05, 0) is 0 Å². The van der Waals surface area contributed by atoms with Crippen LogP contribution in [0.2, 0.25) is 0 Å². The fourth-order valence-electron chi connectivity index (χ4n) is 0. The maximum Gasteiger partial charge on any atom is 2.00 e. The third-order valence-electron chi connectivity index (χ3n) is 0.500. The Morgan fingerprint density at radius 2 is 1.12 bits per heavy atom. The van der Waals surface area contributed by atoms with Crippen LogP contribution in [0.15, 0.2) is 0 Å². The summed E-state index contributed by atoms with van der Waals surface area (Å²) in [5.41, 5.74) is 0. The van der Waals surface area contributed by atoms with Crippen molar-refractivity contribution in [3.8, 4) is 0 Å². The van der Waals surface area contributed by atoms with E-state index in [1.165, 1.54) is 12.8 Å². The van der Waals surface area contributed by atoms with Crippen molar-refractivity contribution >= 4 is 40.4 Å². The second-order valence-electron chi connectivity index (χ2n) is 1.000. The molecule has 2 nitrogen and oxygen atoms in total. The molecule has 0 aliphatic carbocycles. The fourth-order valence-corrected chi connectivity index (χ4v) is 0. The van der Waals surface area contributed by atoms with Gasteiger partial charge in [-0.1, -0.05) is 26.7 Å². The van der Waals surface area contributed by atoms with Crippen LogP contribution in [0.25, 0.3) is 0 Å². The van der Waals surface area contributed by atoms with Gasteiger partial charge in [-0.2, -0.15) is 0 Å². The maximum absolute atomic E-state index is 2.18. The normalized spacial score (nSPS) is 3.75. The van der Waals surface area contributed by atoms with Gasteiger partial charge < -0.3 is 13.8 Å². The molecular formula is C4H19AlMgO2. The van der Waals surface area contributed by atoms with Crippen LogP contribution >= 0.6 is 0 Å². The third-order valence-corrected chi connectivity index (χ3v) is 0.500. The topological polar surface area (TPSA) is 63.0 Å². The number of hydrogen-bond acceptors (Lipinski definition) is 0. The minimum atomic E-state index is 0. The first kappa shape index (κ1) is 35.0. The molecular weight excluding hydrogens is 131 g/mol. The Kier molecular flexibility index (Phi) is 181. The molecule has 0 rings (SSSR count). The van der Waals surface area contributed by atoms with Gasteiger partial charge in [0.2, 0.25) is 0 Å². The molecule has 0 heterocycles. The van der Waals surface area contributed by atoms with E-state index >= 15 is 0 Å². The van der Waals surface area contributed by atoms with E-state index < -0.39 is 0 Å². The summed E-state index contributed by atoms with van der Waals surface area (Å²) in [4.78, 5) is 0. The second kappa shape index (κ2) is 41.3. The van der Waals surface area contributed by atoms with E-state index in [9.17, 15) is 0 Å². The average Bonchev–Trinajstić information content (AvgIpc) is 1.37. The molecule has 0 amide bonds. The van der Waals surface area contributed by atoms with Gasteiger partial charge >= 0.3 is 23.1 Å². The summed E-state index contributed by atoms with van der Waals surface area (Å²) in [6.45, 7) is 4.36. The Balaban J connectivity index is -0.00000000300. The zero-order chi connectivity index (χ0) is 3.41. The van der Waals surface area contributed by atoms with Crippen molar-refractivity contribution in [1.82, 2.24) is 0 Å². The molecule has 4 heteroatoms. The fraction of sp³-hybridized carbons (Fsp3) is 1.00. The Hall–Kier alpha value is 1.22. The summed E-state index contributed by atoms with van der Waals surface area (Å²) in [7, 11) is 0. The van der Waals surface area contributed by atoms with Gasteiger partial charge in [0.15, 0.2) is 17.4 Å². The van der Waals surface area contributed by atoms with Crippen molar-refractivity contribution in [2.75, 3.05) is 0 Å². The molecule has 8 heavy (non-hydrogen) atoms. The van der Waals surface area contributed by atoms with Crippen LogP contribution in [0.3, 0.4) is 0 Å². The molecule has 0 saturated carbocycles. The molecule has 0 saturated heterocycles. The molecule has 0 aliphatic heterocycles. The van der Waals surface area contributed by atoms with Crippen LogP contribution in [-0.4, -0.2) is 51.4 Å². The van der Waals surface area contributed by atoms with Gasteiger partial charge in [-0.25, -0.2) is 0 Å². The quantitative estimate of drug-likeness (QED) is 0.423. The van der Waals surface area contributed by atoms with Crippen LogP contribution in [0.4, 0.5) is 0 Å². The maximum atomic E-state index is 2.18. The minimum Gasteiger partial charge on any atom is -1.00 e. The Bertz CT molecular complexity index is 23.2. The summed E-state index contributed by atoms with van der Waals surface area (Å²) in [6.07, 6.45) is 2.64. The van der Waals surface area contributed by atoms with E-state index in [4.69, 9.17) is 0 Å². The number of unbranched alkanes of at least 4 members (excludes halogenated alkanes) is 1. The zero-order valence-electron chi connectivity index (χ0n) is 7.12. The minimum absolute atomic E-state index is 0. The van der Waals surface area contributed by atoms with Crippen LogP contribution in [0.1, 0.15) is 29.5 Å². The molecule has 4 N–H and O–H groups in total. The summed E-state index contributed by atoms with van der Waals surface area (Å²) in [5.74, 6) is 0. The van der Waals surface area contributed by atoms with E-state index in [-0.39, 0.29) is 54.2 Å². The molecule has 0 unspecified atom stereocenters. The summed E-state index contributed by atoms with van der Waals surface area (Å²) in [5, 5.41) is 0. The predicted octanol–water partition coefficient (Wildman–Crippen LogP) is -1.18. The predicted molar refractivity (Wildman–Crippen MR) is 45.7 cm³/mol. The molecule has 0 aromatic rings. The smallest absolute Gasteiger partial charge is 1.00 e. The molecule has 0 bridgehead atoms. The van der Waals surface area contributed by atoms with Crippen molar-refractivity contribution in [2.24, 2.45) is 0 Å². The SMILES string of the molecule is CCCC.O.O.[AlH3].[H-].[H-].[Mg+2].